The molecule has 0 aromatic rings. The molecule has 1 atom stereocenters. The maximum absolute atomic E-state index is 11.1. The van der Waals surface area contributed by atoms with Gasteiger partial charge < -0.3 is 15.7 Å². The van der Waals surface area contributed by atoms with Crippen LogP contribution in [-0.4, -0.2) is 36.1 Å². The Morgan fingerprint density at radius 3 is 2.57 bits per heavy atom. The lowest BCUT2D eigenvalue weighted by Gasteiger charge is -2.12. The lowest BCUT2D eigenvalue weighted by atomic mass is 10.2. The zero-order valence-corrected chi connectivity index (χ0v) is 8.25. The lowest BCUT2D eigenvalue weighted by molar-refractivity contribution is -0.139. The second-order valence-electron chi connectivity index (χ2n) is 2.76. The molecule has 0 rings (SSSR count). The van der Waals surface area contributed by atoms with E-state index in [-0.39, 0.29) is 19.2 Å². The first kappa shape index (κ1) is 12.6. The van der Waals surface area contributed by atoms with Crippen LogP contribution in [0.25, 0.3) is 0 Å². The molecule has 0 aliphatic rings. The van der Waals surface area contributed by atoms with Gasteiger partial charge in [-0.1, -0.05) is 13.0 Å². The summed E-state index contributed by atoms with van der Waals surface area (Å²) in [7, 11) is 0. The molecule has 80 valence electrons. The predicted octanol–water partition coefficient (Wildman–Crippen LogP) is -0.824. The summed E-state index contributed by atoms with van der Waals surface area (Å²) in [6, 6.07) is -0.364. The Labute approximate surface area is 83.2 Å². The SMILES string of the molecule is C=CCNC(=O)C(=O)NC(CC)CO. The third kappa shape index (κ3) is 4.61. The topological polar surface area (TPSA) is 78.4 Å². The Kier molecular flexibility index (Phi) is 6.39. The number of carbonyl (C=O) groups is 2. The van der Waals surface area contributed by atoms with Gasteiger partial charge in [0.2, 0.25) is 0 Å². The van der Waals surface area contributed by atoms with Crippen molar-refractivity contribution in [3.8, 4) is 0 Å². The standard InChI is InChI=1S/C9H16N2O3/c1-3-5-10-8(13)9(14)11-7(4-2)6-12/h3,7,12H,1,4-6H2,2H3,(H,10,13)(H,11,14). The van der Waals surface area contributed by atoms with Crippen LogP contribution < -0.4 is 10.6 Å². The van der Waals surface area contributed by atoms with Crippen LogP contribution in [0.15, 0.2) is 12.7 Å². The highest BCUT2D eigenvalue weighted by Gasteiger charge is 2.15. The second-order valence-corrected chi connectivity index (χ2v) is 2.76. The molecule has 0 aliphatic carbocycles. The molecule has 3 N–H and O–H groups in total. The van der Waals surface area contributed by atoms with Gasteiger partial charge in [-0.3, -0.25) is 9.59 Å². The van der Waals surface area contributed by atoms with Crippen LogP contribution >= 0.6 is 0 Å². The van der Waals surface area contributed by atoms with Crippen molar-refractivity contribution in [2.45, 2.75) is 19.4 Å². The van der Waals surface area contributed by atoms with Gasteiger partial charge in [-0.15, -0.1) is 6.58 Å². The molecule has 0 bridgehead atoms. The van der Waals surface area contributed by atoms with Crippen LogP contribution in [-0.2, 0) is 9.59 Å². The van der Waals surface area contributed by atoms with Crippen molar-refractivity contribution in [2.24, 2.45) is 0 Å². The average molecular weight is 200 g/mol. The van der Waals surface area contributed by atoms with Crippen molar-refractivity contribution in [3.05, 3.63) is 12.7 Å². The fourth-order valence-corrected chi connectivity index (χ4v) is 0.773. The fourth-order valence-electron chi connectivity index (χ4n) is 0.773. The predicted molar refractivity (Wildman–Crippen MR) is 52.5 cm³/mol. The Bertz CT molecular complexity index is 212. The fraction of sp³-hybridized carbons (Fsp3) is 0.556. The molecule has 0 saturated heterocycles. The number of hydrogen-bond donors (Lipinski definition) is 3. The summed E-state index contributed by atoms with van der Waals surface area (Å²) in [5.74, 6) is -1.44. The summed E-state index contributed by atoms with van der Waals surface area (Å²) in [5, 5.41) is 13.5. The first-order chi connectivity index (χ1) is 6.65. The molecule has 2 amide bonds. The van der Waals surface area contributed by atoms with Crippen molar-refractivity contribution in [2.75, 3.05) is 13.2 Å². The minimum atomic E-state index is -0.729. The molecule has 5 heteroatoms. The van der Waals surface area contributed by atoms with Gasteiger partial charge in [0.15, 0.2) is 0 Å². The molecule has 1 unspecified atom stereocenters. The minimum absolute atomic E-state index is 0.170. The average Bonchev–Trinajstić information content (AvgIpc) is 2.21. The summed E-state index contributed by atoms with van der Waals surface area (Å²) in [6.07, 6.45) is 2.06. The van der Waals surface area contributed by atoms with Crippen LogP contribution in [0.3, 0.4) is 0 Å². The number of nitrogens with one attached hydrogen (secondary N) is 2. The molecule has 0 heterocycles. The molecule has 0 radical (unpaired) electrons. The second kappa shape index (κ2) is 7.08. The van der Waals surface area contributed by atoms with Gasteiger partial charge >= 0.3 is 11.8 Å². The van der Waals surface area contributed by atoms with Gasteiger partial charge in [-0.25, -0.2) is 0 Å². The summed E-state index contributed by atoms with van der Waals surface area (Å²) < 4.78 is 0. The molecular formula is C9H16N2O3. The largest absolute Gasteiger partial charge is 0.394 e. The van der Waals surface area contributed by atoms with Crippen molar-refractivity contribution in [1.82, 2.24) is 10.6 Å². The van der Waals surface area contributed by atoms with E-state index < -0.39 is 11.8 Å². The van der Waals surface area contributed by atoms with E-state index in [9.17, 15) is 9.59 Å². The highest BCUT2D eigenvalue weighted by Crippen LogP contribution is 1.88. The zero-order chi connectivity index (χ0) is 11.0. The van der Waals surface area contributed by atoms with Crippen molar-refractivity contribution in [3.63, 3.8) is 0 Å². The highest BCUT2D eigenvalue weighted by molar-refractivity contribution is 6.35. The van der Waals surface area contributed by atoms with Gasteiger partial charge in [0.25, 0.3) is 0 Å². The summed E-state index contributed by atoms with van der Waals surface area (Å²) >= 11 is 0. The van der Waals surface area contributed by atoms with Gasteiger partial charge in [-0.2, -0.15) is 0 Å². The smallest absolute Gasteiger partial charge is 0.309 e. The molecule has 0 aliphatic heterocycles. The number of rotatable bonds is 5. The van der Waals surface area contributed by atoms with Gasteiger partial charge in [0, 0.05) is 6.54 Å². The van der Waals surface area contributed by atoms with Crippen molar-refractivity contribution >= 4 is 11.8 Å². The minimum Gasteiger partial charge on any atom is -0.394 e. The Morgan fingerprint density at radius 2 is 2.14 bits per heavy atom. The summed E-state index contributed by atoms with van der Waals surface area (Å²) in [6.45, 7) is 5.29. The molecule has 0 aromatic carbocycles. The Morgan fingerprint density at radius 1 is 1.50 bits per heavy atom. The van der Waals surface area contributed by atoms with E-state index >= 15 is 0 Å². The molecule has 0 aromatic heterocycles. The van der Waals surface area contributed by atoms with E-state index in [1.54, 1.807) is 0 Å². The normalized spacial score (nSPS) is 11.6. The van der Waals surface area contributed by atoms with Crippen LogP contribution in [0.1, 0.15) is 13.3 Å². The first-order valence-corrected chi connectivity index (χ1v) is 4.46. The number of hydrogen-bond acceptors (Lipinski definition) is 3. The quantitative estimate of drug-likeness (QED) is 0.400. The van der Waals surface area contributed by atoms with E-state index in [2.05, 4.69) is 17.2 Å². The van der Waals surface area contributed by atoms with Crippen LogP contribution in [0, 0.1) is 0 Å². The number of aliphatic hydroxyl groups is 1. The van der Waals surface area contributed by atoms with Gasteiger partial charge in [-0.05, 0) is 6.42 Å². The molecule has 14 heavy (non-hydrogen) atoms. The van der Waals surface area contributed by atoms with Crippen molar-refractivity contribution < 1.29 is 14.7 Å². The monoisotopic (exact) mass is 200 g/mol. The number of amides is 2. The lowest BCUT2D eigenvalue weighted by Crippen LogP contribution is -2.45. The molecule has 0 spiro atoms. The van der Waals surface area contributed by atoms with E-state index in [1.165, 1.54) is 6.08 Å². The van der Waals surface area contributed by atoms with E-state index in [0.29, 0.717) is 6.42 Å². The van der Waals surface area contributed by atoms with Gasteiger partial charge in [0.1, 0.15) is 0 Å². The number of carbonyl (C=O) groups excluding carboxylic acids is 2. The Hall–Kier alpha value is -1.36. The van der Waals surface area contributed by atoms with E-state index in [0.717, 1.165) is 0 Å². The van der Waals surface area contributed by atoms with Crippen LogP contribution in [0.2, 0.25) is 0 Å². The first-order valence-electron chi connectivity index (χ1n) is 4.46. The maximum Gasteiger partial charge on any atom is 0.309 e. The van der Waals surface area contributed by atoms with Crippen LogP contribution in [0.4, 0.5) is 0 Å². The third-order valence-electron chi connectivity index (χ3n) is 1.66. The molecule has 0 fully saturated rings. The third-order valence-corrected chi connectivity index (χ3v) is 1.66. The van der Waals surface area contributed by atoms with Crippen molar-refractivity contribution in [1.29, 1.82) is 0 Å². The number of aliphatic hydroxyl groups excluding tert-OH is 1. The van der Waals surface area contributed by atoms with Gasteiger partial charge in [0.05, 0.1) is 12.6 Å². The summed E-state index contributed by atoms with van der Waals surface area (Å²) in [5.41, 5.74) is 0. The summed E-state index contributed by atoms with van der Waals surface area (Å²) in [4.78, 5) is 22.1. The maximum atomic E-state index is 11.1. The van der Waals surface area contributed by atoms with E-state index in [1.807, 2.05) is 6.92 Å². The highest BCUT2D eigenvalue weighted by atomic mass is 16.3. The van der Waals surface area contributed by atoms with E-state index in [4.69, 9.17) is 5.11 Å². The Balaban J connectivity index is 3.93. The van der Waals surface area contributed by atoms with Crippen LogP contribution in [0.5, 0.6) is 0 Å². The molecule has 5 nitrogen and oxygen atoms in total. The zero-order valence-electron chi connectivity index (χ0n) is 8.25. The molecular weight excluding hydrogens is 184 g/mol. The molecule has 0 saturated carbocycles.